The summed E-state index contributed by atoms with van der Waals surface area (Å²) in [6, 6.07) is 5.24. The van der Waals surface area contributed by atoms with Gasteiger partial charge in [-0.2, -0.15) is 0 Å². The van der Waals surface area contributed by atoms with Crippen molar-refractivity contribution < 1.29 is 19.0 Å². The van der Waals surface area contributed by atoms with Crippen molar-refractivity contribution in [1.29, 1.82) is 0 Å². The van der Waals surface area contributed by atoms with E-state index in [1.165, 1.54) is 0 Å². The standard InChI is InChI=1S/C15H19NO4/c1-10(15(16)17)11-3-4-13(14(9-11)18-2)20-12-5-7-19-8-6-12/h3-4,9,12H,1,5-8H2,2H3,(H2,16,17). The summed E-state index contributed by atoms with van der Waals surface area (Å²) in [5, 5.41) is 0. The Morgan fingerprint density at radius 3 is 2.65 bits per heavy atom. The minimum Gasteiger partial charge on any atom is -0.493 e. The lowest BCUT2D eigenvalue weighted by Crippen LogP contribution is -2.26. The molecule has 2 N–H and O–H groups in total. The number of benzene rings is 1. The Morgan fingerprint density at radius 1 is 1.35 bits per heavy atom. The van der Waals surface area contributed by atoms with Crippen LogP contribution in [0.4, 0.5) is 0 Å². The first-order chi connectivity index (χ1) is 9.61. The Balaban J connectivity index is 2.17. The Kier molecular flexibility index (Phi) is 4.63. The average molecular weight is 277 g/mol. The van der Waals surface area contributed by atoms with Crippen molar-refractivity contribution in [2.75, 3.05) is 20.3 Å². The van der Waals surface area contributed by atoms with Crippen molar-refractivity contribution >= 4 is 11.5 Å². The van der Waals surface area contributed by atoms with E-state index < -0.39 is 5.91 Å². The first kappa shape index (κ1) is 14.4. The van der Waals surface area contributed by atoms with Gasteiger partial charge < -0.3 is 19.9 Å². The van der Waals surface area contributed by atoms with E-state index in [0.717, 1.165) is 12.8 Å². The molecule has 1 aromatic rings. The number of hydrogen-bond donors (Lipinski definition) is 1. The van der Waals surface area contributed by atoms with Gasteiger partial charge in [-0.25, -0.2) is 0 Å². The highest BCUT2D eigenvalue weighted by molar-refractivity contribution is 6.17. The summed E-state index contributed by atoms with van der Waals surface area (Å²) in [7, 11) is 1.56. The van der Waals surface area contributed by atoms with Crippen molar-refractivity contribution in [2.45, 2.75) is 18.9 Å². The molecule has 2 rings (SSSR count). The van der Waals surface area contributed by atoms with E-state index in [9.17, 15) is 4.79 Å². The first-order valence-corrected chi connectivity index (χ1v) is 6.53. The molecule has 1 aliphatic heterocycles. The number of hydrogen-bond acceptors (Lipinski definition) is 4. The Bertz CT molecular complexity index is 507. The van der Waals surface area contributed by atoms with Gasteiger partial charge in [-0.05, 0) is 17.7 Å². The molecule has 1 aromatic carbocycles. The van der Waals surface area contributed by atoms with Gasteiger partial charge >= 0.3 is 0 Å². The van der Waals surface area contributed by atoms with Crippen LogP contribution in [0, 0.1) is 0 Å². The number of amides is 1. The lowest BCUT2D eigenvalue weighted by atomic mass is 10.1. The first-order valence-electron chi connectivity index (χ1n) is 6.53. The van der Waals surface area contributed by atoms with Crippen LogP contribution < -0.4 is 15.2 Å². The van der Waals surface area contributed by atoms with Gasteiger partial charge in [-0.15, -0.1) is 0 Å². The summed E-state index contributed by atoms with van der Waals surface area (Å²) in [6.45, 7) is 5.08. The maximum absolute atomic E-state index is 11.1. The molecule has 1 amide bonds. The molecule has 0 aromatic heterocycles. The monoisotopic (exact) mass is 277 g/mol. The topological polar surface area (TPSA) is 70.8 Å². The highest BCUT2D eigenvalue weighted by Crippen LogP contribution is 2.32. The molecule has 0 bridgehead atoms. The Morgan fingerprint density at radius 2 is 2.05 bits per heavy atom. The van der Waals surface area contributed by atoms with E-state index in [0.29, 0.717) is 30.3 Å². The number of primary amides is 1. The normalized spacial score (nSPS) is 15.7. The molecule has 5 nitrogen and oxygen atoms in total. The van der Waals surface area contributed by atoms with Gasteiger partial charge in [0.15, 0.2) is 11.5 Å². The lowest BCUT2D eigenvalue weighted by Gasteiger charge is -2.24. The molecule has 0 unspecified atom stereocenters. The number of nitrogens with two attached hydrogens (primary N) is 1. The molecule has 5 heteroatoms. The quantitative estimate of drug-likeness (QED) is 0.832. The van der Waals surface area contributed by atoms with Crippen LogP contribution >= 0.6 is 0 Å². The number of ether oxygens (including phenoxy) is 3. The molecule has 20 heavy (non-hydrogen) atoms. The largest absolute Gasteiger partial charge is 0.493 e. The van der Waals surface area contributed by atoms with Crippen molar-refractivity contribution in [1.82, 2.24) is 0 Å². The summed E-state index contributed by atoms with van der Waals surface area (Å²) < 4.78 is 16.5. The summed E-state index contributed by atoms with van der Waals surface area (Å²) >= 11 is 0. The molecule has 1 heterocycles. The van der Waals surface area contributed by atoms with Gasteiger partial charge in [0.1, 0.15) is 6.10 Å². The maximum Gasteiger partial charge on any atom is 0.248 e. The fraction of sp³-hybridized carbons (Fsp3) is 0.400. The predicted octanol–water partition coefficient (Wildman–Crippen LogP) is 1.75. The van der Waals surface area contributed by atoms with Crippen LogP contribution in [0.2, 0.25) is 0 Å². The maximum atomic E-state index is 11.1. The SMILES string of the molecule is C=C(C(N)=O)c1ccc(OC2CCOCC2)c(OC)c1. The van der Waals surface area contributed by atoms with Crippen molar-refractivity contribution in [3.8, 4) is 11.5 Å². The molecule has 0 atom stereocenters. The summed E-state index contributed by atoms with van der Waals surface area (Å²) in [5.41, 5.74) is 6.11. The summed E-state index contributed by atoms with van der Waals surface area (Å²) in [5.74, 6) is 0.668. The fourth-order valence-corrected chi connectivity index (χ4v) is 2.07. The van der Waals surface area contributed by atoms with E-state index in [1.807, 2.05) is 0 Å². The van der Waals surface area contributed by atoms with Gasteiger partial charge in [0.05, 0.1) is 20.3 Å². The molecule has 0 saturated carbocycles. The third kappa shape index (κ3) is 3.30. The highest BCUT2D eigenvalue weighted by atomic mass is 16.5. The molecule has 0 aliphatic carbocycles. The van der Waals surface area contributed by atoms with Gasteiger partial charge in [-0.1, -0.05) is 12.6 Å². The zero-order valence-corrected chi connectivity index (χ0v) is 11.6. The fourth-order valence-electron chi connectivity index (χ4n) is 2.07. The van der Waals surface area contributed by atoms with Crippen LogP contribution in [0.15, 0.2) is 24.8 Å². The molecular formula is C15H19NO4. The molecule has 1 aliphatic rings. The van der Waals surface area contributed by atoms with E-state index >= 15 is 0 Å². The van der Waals surface area contributed by atoms with Gasteiger partial charge in [0.25, 0.3) is 0 Å². The van der Waals surface area contributed by atoms with Crippen LogP contribution in [0.1, 0.15) is 18.4 Å². The van der Waals surface area contributed by atoms with Crippen molar-refractivity contribution in [2.24, 2.45) is 5.73 Å². The number of rotatable bonds is 5. The molecular weight excluding hydrogens is 258 g/mol. The number of carbonyl (C=O) groups excluding carboxylic acids is 1. The molecule has 0 spiro atoms. The number of carbonyl (C=O) groups is 1. The zero-order chi connectivity index (χ0) is 14.5. The third-order valence-corrected chi connectivity index (χ3v) is 3.27. The van der Waals surface area contributed by atoms with E-state index in [1.54, 1.807) is 25.3 Å². The second kappa shape index (κ2) is 6.43. The van der Waals surface area contributed by atoms with E-state index in [2.05, 4.69) is 6.58 Å². The third-order valence-electron chi connectivity index (χ3n) is 3.27. The second-order valence-electron chi connectivity index (χ2n) is 4.64. The average Bonchev–Trinajstić information content (AvgIpc) is 2.48. The van der Waals surface area contributed by atoms with Gasteiger partial charge in [-0.3, -0.25) is 4.79 Å². The molecule has 0 radical (unpaired) electrons. The second-order valence-corrected chi connectivity index (χ2v) is 4.64. The predicted molar refractivity (Wildman–Crippen MR) is 75.7 cm³/mol. The van der Waals surface area contributed by atoms with Crippen LogP contribution in [-0.2, 0) is 9.53 Å². The van der Waals surface area contributed by atoms with Gasteiger partial charge in [0.2, 0.25) is 5.91 Å². The smallest absolute Gasteiger partial charge is 0.248 e. The Hall–Kier alpha value is -2.01. The Labute approximate surface area is 118 Å². The highest BCUT2D eigenvalue weighted by Gasteiger charge is 2.18. The number of methoxy groups -OCH3 is 1. The summed E-state index contributed by atoms with van der Waals surface area (Å²) in [6.07, 6.45) is 1.85. The minimum absolute atomic E-state index is 0.128. The molecule has 1 fully saturated rings. The van der Waals surface area contributed by atoms with E-state index in [4.69, 9.17) is 19.9 Å². The van der Waals surface area contributed by atoms with Crippen molar-refractivity contribution in [3.63, 3.8) is 0 Å². The minimum atomic E-state index is -0.551. The van der Waals surface area contributed by atoms with Crippen molar-refractivity contribution in [3.05, 3.63) is 30.3 Å². The zero-order valence-electron chi connectivity index (χ0n) is 11.6. The lowest BCUT2D eigenvalue weighted by molar-refractivity contribution is -0.112. The van der Waals surface area contributed by atoms with Crippen LogP contribution in [0.5, 0.6) is 11.5 Å². The summed E-state index contributed by atoms with van der Waals surface area (Å²) in [4.78, 5) is 11.1. The van der Waals surface area contributed by atoms with Crippen LogP contribution in [-0.4, -0.2) is 32.3 Å². The van der Waals surface area contributed by atoms with Crippen LogP contribution in [0.25, 0.3) is 5.57 Å². The van der Waals surface area contributed by atoms with Gasteiger partial charge in [0, 0.05) is 18.4 Å². The molecule has 1 saturated heterocycles. The van der Waals surface area contributed by atoms with E-state index in [-0.39, 0.29) is 11.7 Å². The van der Waals surface area contributed by atoms with Crippen LogP contribution in [0.3, 0.4) is 0 Å². The molecule has 108 valence electrons.